The maximum absolute atomic E-state index is 2.78. The van der Waals surface area contributed by atoms with Crippen LogP contribution in [-0.2, 0) is 0 Å². The van der Waals surface area contributed by atoms with Crippen LogP contribution in [0.15, 0.2) is 0 Å². The molecular formula is C32H71N5. The standard InChI is InChI=1S/C22H44N4.C6H15N.2C2H6/c1-19(2)25-11-7-22(8-12-25)17-23-9-5-21(6-10-23)18-24-13-15-26(16-14-24)20(3)4;1-5-7(4)6(2)3;2*1-2/h19-22H,5-18H2,1-4H3;6H,5H2,1-4H3;2*1-2H3. The molecule has 5 heteroatoms. The summed E-state index contributed by atoms with van der Waals surface area (Å²) in [7, 11) is 2.13. The summed E-state index contributed by atoms with van der Waals surface area (Å²) in [5.74, 6) is 1.89. The molecule has 3 aliphatic heterocycles. The number of hydrogen-bond acceptors (Lipinski definition) is 5. The van der Waals surface area contributed by atoms with Crippen molar-refractivity contribution in [1.82, 2.24) is 24.5 Å². The zero-order valence-electron chi connectivity index (χ0n) is 27.7. The van der Waals surface area contributed by atoms with Crippen molar-refractivity contribution >= 4 is 0 Å². The van der Waals surface area contributed by atoms with Gasteiger partial charge in [-0.25, -0.2) is 0 Å². The van der Waals surface area contributed by atoms with E-state index in [1.165, 1.54) is 91.1 Å². The molecule has 224 valence electrons. The van der Waals surface area contributed by atoms with Crippen LogP contribution in [0.2, 0.25) is 0 Å². The molecule has 0 amide bonds. The summed E-state index contributed by atoms with van der Waals surface area (Å²) in [5.41, 5.74) is 0. The van der Waals surface area contributed by atoms with Gasteiger partial charge in [0, 0.05) is 57.4 Å². The van der Waals surface area contributed by atoms with Gasteiger partial charge in [0.15, 0.2) is 0 Å². The second kappa shape index (κ2) is 21.6. The number of piperazine rings is 1. The third-order valence-corrected chi connectivity index (χ3v) is 8.64. The van der Waals surface area contributed by atoms with Gasteiger partial charge in [-0.05, 0) is 119 Å². The molecule has 3 aliphatic rings. The van der Waals surface area contributed by atoms with Gasteiger partial charge in [-0.2, -0.15) is 0 Å². The molecule has 0 aromatic carbocycles. The first-order valence-corrected chi connectivity index (χ1v) is 16.3. The van der Waals surface area contributed by atoms with Crippen LogP contribution in [0, 0.1) is 11.8 Å². The molecule has 3 heterocycles. The van der Waals surface area contributed by atoms with E-state index in [0.29, 0.717) is 12.1 Å². The van der Waals surface area contributed by atoms with Gasteiger partial charge in [0.25, 0.3) is 0 Å². The third-order valence-electron chi connectivity index (χ3n) is 8.64. The first-order chi connectivity index (χ1) is 17.7. The first kappa shape index (κ1) is 36.8. The van der Waals surface area contributed by atoms with E-state index in [1.54, 1.807) is 0 Å². The normalized spacial score (nSPS) is 21.4. The quantitative estimate of drug-likeness (QED) is 0.371. The Kier molecular flexibility index (Phi) is 21.5. The summed E-state index contributed by atoms with van der Waals surface area (Å²) < 4.78 is 0. The van der Waals surface area contributed by atoms with Crippen LogP contribution < -0.4 is 0 Å². The zero-order chi connectivity index (χ0) is 28.4. The third kappa shape index (κ3) is 15.2. The highest BCUT2D eigenvalue weighted by Gasteiger charge is 2.27. The van der Waals surface area contributed by atoms with Crippen LogP contribution in [-0.4, -0.2) is 122 Å². The molecule has 3 rings (SSSR count). The second-order valence-electron chi connectivity index (χ2n) is 11.9. The minimum Gasteiger partial charge on any atom is -0.304 e. The molecule has 0 aromatic heterocycles. The summed E-state index contributed by atoms with van der Waals surface area (Å²) in [6, 6.07) is 2.15. The number of piperidine rings is 2. The van der Waals surface area contributed by atoms with Crippen molar-refractivity contribution < 1.29 is 0 Å². The molecule has 0 N–H and O–H groups in total. The molecule has 0 saturated carbocycles. The fourth-order valence-corrected chi connectivity index (χ4v) is 5.56. The molecular weight excluding hydrogens is 454 g/mol. The van der Waals surface area contributed by atoms with Crippen molar-refractivity contribution in [1.29, 1.82) is 0 Å². The lowest BCUT2D eigenvalue weighted by Crippen LogP contribution is -2.50. The monoisotopic (exact) mass is 526 g/mol. The summed E-state index contributed by atoms with van der Waals surface area (Å²) in [6.45, 7) is 38.2. The average Bonchev–Trinajstić information content (AvgIpc) is 2.92. The van der Waals surface area contributed by atoms with Gasteiger partial charge < -0.3 is 19.6 Å². The molecule has 0 aliphatic carbocycles. The maximum atomic E-state index is 2.78. The van der Waals surface area contributed by atoms with E-state index in [-0.39, 0.29) is 0 Å². The number of nitrogens with zero attached hydrogens (tertiary/aromatic N) is 5. The number of hydrogen-bond donors (Lipinski definition) is 0. The lowest BCUT2D eigenvalue weighted by Gasteiger charge is -2.41. The molecule has 0 aromatic rings. The minimum absolute atomic E-state index is 0.699. The SMILES string of the molecule is CC.CC.CC(C)N1CCC(CN2CCC(CN3CCN(C(C)C)CC3)CC2)CC1.CCN(C)C(C)C. The van der Waals surface area contributed by atoms with E-state index < -0.39 is 0 Å². The van der Waals surface area contributed by atoms with Crippen molar-refractivity contribution in [2.75, 3.05) is 79.0 Å². The highest BCUT2D eigenvalue weighted by Crippen LogP contribution is 2.24. The van der Waals surface area contributed by atoms with E-state index in [1.807, 2.05) is 27.7 Å². The minimum atomic E-state index is 0.699. The Hall–Kier alpha value is -0.200. The fourth-order valence-electron chi connectivity index (χ4n) is 5.56. The largest absolute Gasteiger partial charge is 0.304 e. The fraction of sp³-hybridized carbons (Fsp3) is 1.00. The highest BCUT2D eigenvalue weighted by molar-refractivity contribution is 4.82. The molecule has 0 unspecified atom stereocenters. The Labute approximate surface area is 235 Å². The van der Waals surface area contributed by atoms with Crippen molar-refractivity contribution in [3.63, 3.8) is 0 Å². The Morgan fingerprint density at radius 3 is 1.24 bits per heavy atom. The second-order valence-corrected chi connectivity index (χ2v) is 11.9. The predicted molar refractivity (Wildman–Crippen MR) is 168 cm³/mol. The summed E-state index contributed by atoms with van der Waals surface area (Å²) in [4.78, 5) is 13.1. The van der Waals surface area contributed by atoms with E-state index in [2.05, 4.69) is 80.0 Å². The van der Waals surface area contributed by atoms with Crippen LogP contribution >= 0.6 is 0 Å². The molecule has 5 nitrogen and oxygen atoms in total. The predicted octanol–water partition coefficient (Wildman–Crippen LogP) is 6.24. The van der Waals surface area contributed by atoms with Crippen LogP contribution in [0.4, 0.5) is 0 Å². The van der Waals surface area contributed by atoms with Gasteiger partial charge in [-0.3, -0.25) is 4.90 Å². The van der Waals surface area contributed by atoms with Crippen molar-refractivity contribution in [2.45, 2.75) is 120 Å². The van der Waals surface area contributed by atoms with Crippen molar-refractivity contribution in [2.24, 2.45) is 11.8 Å². The number of rotatable bonds is 8. The van der Waals surface area contributed by atoms with Crippen LogP contribution in [0.25, 0.3) is 0 Å². The Morgan fingerprint density at radius 1 is 0.568 bits per heavy atom. The Morgan fingerprint density at radius 2 is 0.919 bits per heavy atom. The lowest BCUT2D eigenvalue weighted by molar-refractivity contribution is 0.0716. The molecule has 0 spiro atoms. The summed E-state index contributed by atoms with van der Waals surface area (Å²) in [5, 5.41) is 0. The van der Waals surface area contributed by atoms with Crippen LogP contribution in [0.5, 0.6) is 0 Å². The van der Waals surface area contributed by atoms with E-state index >= 15 is 0 Å². The molecule has 37 heavy (non-hydrogen) atoms. The first-order valence-electron chi connectivity index (χ1n) is 16.3. The van der Waals surface area contributed by atoms with Gasteiger partial charge in [-0.15, -0.1) is 0 Å². The van der Waals surface area contributed by atoms with Crippen molar-refractivity contribution in [3.05, 3.63) is 0 Å². The molecule has 3 fully saturated rings. The molecule has 3 saturated heterocycles. The van der Waals surface area contributed by atoms with Gasteiger partial charge >= 0.3 is 0 Å². The van der Waals surface area contributed by atoms with Crippen LogP contribution in [0.1, 0.15) is 102 Å². The highest BCUT2D eigenvalue weighted by atomic mass is 15.3. The Bertz CT molecular complexity index is 447. The zero-order valence-corrected chi connectivity index (χ0v) is 27.7. The molecule has 0 atom stereocenters. The van der Waals surface area contributed by atoms with Gasteiger partial charge in [0.05, 0.1) is 0 Å². The average molecular weight is 526 g/mol. The van der Waals surface area contributed by atoms with E-state index in [4.69, 9.17) is 0 Å². The van der Waals surface area contributed by atoms with E-state index in [0.717, 1.165) is 24.4 Å². The smallest absolute Gasteiger partial charge is 0.0113 e. The molecule has 0 radical (unpaired) electrons. The Balaban J connectivity index is 0.00000101. The molecule has 0 bridgehead atoms. The van der Waals surface area contributed by atoms with Crippen LogP contribution in [0.3, 0.4) is 0 Å². The van der Waals surface area contributed by atoms with E-state index in [9.17, 15) is 0 Å². The summed E-state index contributed by atoms with van der Waals surface area (Å²) >= 11 is 0. The maximum Gasteiger partial charge on any atom is 0.0113 e. The topological polar surface area (TPSA) is 16.2 Å². The van der Waals surface area contributed by atoms with Gasteiger partial charge in [0.1, 0.15) is 0 Å². The number of likely N-dealkylation sites (tertiary alicyclic amines) is 2. The van der Waals surface area contributed by atoms with Crippen molar-refractivity contribution in [3.8, 4) is 0 Å². The van der Waals surface area contributed by atoms with Gasteiger partial charge in [0.2, 0.25) is 0 Å². The summed E-state index contributed by atoms with van der Waals surface area (Å²) in [6.07, 6.45) is 5.68. The van der Waals surface area contributed by atoms with Gasteiger partial charge in [-0.1, -0.05) is 34.6 Å². The lowest BCUT2D eigenvalue weighted by atomic mass is 9.92.